The van der Waals surface area contributed by atoms with Crippen molar-refractivity contribution in [2.45, 2.75) is 117 Å². The molecule has 4 aliphatic rings. The van der Waals surface area contributed by atoms with Crippen LogP contribution in [-0.4, -0.2) is 5.54 Å². The standard InChI is InChI=1S/C25H45N/c1-6-22(2,3)17-18-9-10-20-19-11-16-25(26)14-8-7-13-24(25,5)21(19)12-15-23(18,20)4/h18-21H,6-17,26H2,1-5H3. The number of hydrogen-bond acceptors (Lipinski definition) is 1. The minimum atomic E-state index is 0.155. The van der Waals surface area contributed by atoms with Gasteiger partial charge < -0.3 is 5.73 Å². The molecule has 4 saturated carbocycles. The molecule has 0 aromatic rings. The zero-order valence-electron chi connectivity index (χ0n) is 18.4. The van der Waals surface area contributed by atoms with Gasteiger partial charge in [-0.1, -0.05) is 53.9 Å². The van der Waals surface area contributed by atoms with Gasteiger partial charge in [-0.25, -0.2) is 0 Å². The Labute approximate surface area is 163 Å². The van der Waals surface area contributed by atoms with E-state index >= 15 is 0 Å². The molecular weight excluding hydrogens is 314 g/mol. The highest BCUT2D eigenvalue weighted by Gasteiger charge is 2.62. The maximum atomic E-state index is 7.10. The molecule has 0 saturated heterocycles. The average molecular weight is 360 g/mol. The van der Waals surface area contributed by atoms with Crippen LogP contribution in [0.15, 0.2) is 0 Å². The summed E-state index contributed by atoms with van der Waals surface area (Å²) in [6.07, 6.45) is 17.0. The van der Waals surface area contributed by atoms with Crippen LogP contribution in [0.2, 0.25) is 0 Å². The first kappa shape index (κ1) is 19.3. The number of hydrogen-bond donors (Lipinski definition) is 1. The van der Waals surface area contributed by atoms with Gasteiger partial charge in [-0.15, -0.1) is 0 Å². The van der Waals surface area contributed by atoms with Crippen LogP contribution in [0.3, 0.4) is 0 Å². The largest absolute Gasteiger partial charge is 0.325 e. The molecule has 2 N–H and O–H groups in total. The summed E-state index contributed by atoms with van der Waals surface area (Å²) in [5, 5.41) is 0. The fourth-order valence-corrected chi connectivity index (χ4v) is 8.59. The predicted molar refractivity (Wildman–Crippen MR) is 112 cm³/mol. The van der Waals surface area contributed by atoms with E-state index < -0.39 is 0 Å². The molecule has 0 aliphatic heterocycles. The van der Waals surface area contributed by atoms with Crippen LogP contribution < -0.4 is 5.73 Å². The van der Waals surface area contributed by atoms with Crippen LogP contribution in [0.5, 0.6) is 0 Å². The molecule has 26 heavy (non-hydrogen) atoms. The van der Waals surface area contributed by atoms with Gasteiger partial charge in [-0.3, -0.25) is 0 Å². The van der Waals surface area contributed by atoms with Crippen LogP contribution in [0.4, 0.5) is 0 Å². The molecule has 0 aromatic heterocycles. The summed E-state index contributed by atoms with van der Waals surface area (Å²) in [6, 6.07) is 0. The molecule has 7 unspecified atom stereocenters. The SMILES string of the molecule is CCC(C)(C)CC1CCC2C3CCC4(N)CCCCC4(C)C3CCC12C. The lowest BCUT2D eigenvalue weighted by Crippen LogP contribution is -2.65. The van der Waals surface area contributed by atoms with Crippen LogP contribution in [-0.2, 0) is 0 Å². The van der Waals surface area contributed by atoms with E-state index in [4.69, 9.17) is 5.73 Å². The molecule has 0 spiro atoms. The van der Waals surface area contributed by atoms with E-state index in [-0.39, 0.29) is 5.54 Å². The van der Waals surface area contributed by atoms with Crippen LogP contribution in [0.25, 0.3) is 0 Å². The fraction of sp³-hybridized carbons (Fsp3) is 1.00. The highest BCUT2D eigenvalue weighted by molar-refractivity contribution is 5.15. The lowest BCUT2D eigenvalue weighted by molar-refractivity contribution is -0.123. The second-order valence-electron chi connectivity index (χ2n) is 12.2. The van der Waals surface area contributed by atoms with Gasteiger partial charge in [0.05, 0.1) is 0 Å². The fourth-order valence-electron chi connectivity index (χ4n) is 8.59. The van der Waals surface area contributed by atoms with Gasteiger partial charge in [0, 0.05) is 5.54 Å². The van der Waals surface area contributed by atoms with Crippen molar-refractivity contribution in [1.82, 2.24) is 0 Å². The molecule has 4 fully saturated rings. The van der Waals surface area contributed by atoms with Crippen molar-refractivity contribution in [2.75, 3.05) is 0 Å². The summed E-state index contributed by atoms with van der Waals surface area (Å²) < 4.78 is 0. The third-order valence-electron chi connectivity index (χ3n) is 10.8. The molecule has 1 nitrogen and oxygen atoms in total. The van der Waals surface area contributed by atoms with Crippen LogP contribution in [0.1, 0.15) is 112 Å². The highest BCUT2D eigenvalue weighted by atomic mass is 14.8. The van der Waals surface area contributed by atoms with E-state index in [2.05, 4.69) is 34.6 Å². The molecule has 7 atom stereocenters. The van der Waals surface area contributed by atoms with Gasteiger partial charge in [0.2, 0.25) is 0 Å². The molecule has 4 rings (SSSR count). The van der Waals surface area contributed by atoms with Gasteiger partial charge in [-0.2, -0.15) is 0 Å². The molecule has 150 valence electrons. The molecule has 0 amide bonds. The van der Waals surface area contributed by atoms with Crippen molar-refractivity contribution in [3.63, 3.8) is 0 Å². The van der Waals surface area contributed by atoms with Gasteiger partial charge in [-0.05, 0) is 97.7 Å². The topological polar surface area (TPSA) is 26.0 Å². The molecule has 0 heterocycles. The molecule has 0 radical (unpaired) electrons. The Morgan fingerprint density at radius 2 is 1.62 bits per heavy atom. The maximum absolute atomic E-state index is 7.10. The summed E-state index contributed by atoms with van der Waals surface area (Å²) in [5.41, 5.74) is 8.83. The van der Waals surface area contributed by atoms with Crippen molar-refractivity contribution >= 4 is 0 Å². The minimum absolute atomic E-state index is 0.155. The average Bonchev–Trinajstić information content (AvgIpc) is 2.91. The molecule has 4 aliphatic carbocycles. The number of rotatable bonds is 3. The number of nitrogens with two attached hydrogens (primary N) is 1. The Hall–Kier alpha value is -0.0400. The first-order valence-electron chi connectivity index (χ1n) is 11.9. The summed E-state index contributed by atoms with van der Waals surface area (Å²) >= 11 is 0. The van der Waals surface area contributed by atoms with Crippen molar-refractivity contribution in [3.05, 3.63) is 0 Å². The Kier molecular flexibility index (Phi) is 4.62. The molecule has 1 heteroatoms. The zero-order chi connectivity index (χ0) is 18.8. The van der Waals surface area contributed by atoms with Gasteiger partial charge in [0.1, 0.15) is 0 Å². The van der Waals surface area contributed by atoms with Crippen LogP contribution >= 0.6 is 0 Å². The summed E-state index contributed by atoms with van der Waals surface area (Å²) in [7, 11) is 0. The summed E-state index contributed by atoms with van der Waals surface area (Å²) in [6.45, 7) is 12.7. The van der Waals surface area contributed by atoms with E-state index in [9.17, 15) is 0 Å². The van der Waals surface area contributed by atoms with E-state index in [0.717, 1.165) is 23.7 Å². The third kappa shape index (κ3) is 2.66. The minimum Gasteiger partial charge on any atom is -0.325 e. The molecule has 0 aromatic carbocycles. The maximum Gasteiger partial charge on any atom is 0.0211 e. The normalized spacial score (nSPS) is 51.5. The van der Waals surface area contributed by atoms with Crippen LogP contribution in [0, 0.1) is 39.9 Å². The zero-order valence-corrected chi connectivity index (χ0v) is 18.4. The van der Waals surface area contributed by atoms with E-state index in [1.165, 1.54) is 77.0 Å². The third-order valence-corrected chi connectivity index (χ3v) is 10.8. The molecule has 0 bridgehead atoms. The van der Waals surface area contributed by atoms with Gasteiger partial charge in [0.15, 0.2) is 0 Å². The second-order valence-corrected chi connectivity index (χ2v) is 12.2. The Balaban J connectivity index is 1.58. The first-order valence-corrected chi connectivity index (χ1v) is 11.9. The first-order chi connectivity index (χ1) is 12.2. The van der Waals surface area contributed by atoms with E-state index in [1.807, 2.05) is 0 Å². The summed E-state index contributed by atoms with van der Waals surface area (Å²) in [5.74, 6) is 3.84. The lowest BCUT2D eigenvalue weighted by Gasteiger charge is -2.64. The van der Waals surface area contributed by atoms with Gasteiger partial charge >= 0.3 is 0 Å². The number of fused-ring (bicyclic) bond motifs is 5. The van der Waals surface area contributed by atoms with Crippen molar-refractivity contribution in [2.24, 2.45) is 45.7 Å². The monoisotopic (exact) mass is 359 g/mol. The van der Waals surface area contributed by atoms with Gasteiger partial charge in [0.25, 0.3) is 0 Å². The predicted octanol–water partition coefficient (Wildman–Crippen LogP) is 6.94. The molecular formula is C25H45N. The van der Waals surface area contributed by atoms with E-state index in [0.29, 0.717) is 16.2 Å². The quantitative estimate of drug-likeness (QED) is 0.580. The van der Waals surface area contributed by atoms with E-state index in [1.54, 1.807) is 0 Å². The second kappa shape index (κ2) is 6.23. The van der Waals surface area contributed by atoms with Crippen molar-refractivity contribution in [3.8, 4) is 0 Å². The highest BCUT2D eigenvalue weighted by Crippen LogP contribution is 2.68. The Bertz CT molecular complexity index is 538. The Morgan fingerprint density at radius 3 is 2.35 bits per heavy atom. The van der Waals surface area contributed by atoms with Crippen molar-refractivity contribution in [1.29, 1.82) is 0 Å². The summed E-state index contributed by atoms with van der Waals surface area (Å²) in [4.78, 5) is 0. The van der Waals surface area contributed by atoms with Crippen molar-refractivity contribution < 1.29 is 0 Å². The smallest absolute Gasteiger partial charge is 0.0211 e. The lowest BCUT2D eigenvalue weighted by atomic mass is 9.42. The Morgan fingerprint density at radius 1 is 0.885 bits per heavy atom.